The van der Waals surface area contributed by atoms with Gasteiger partial charge in [-0.2, -0.15) is 13.5 Å². The highest BCUT2D eigenvalue weighted by atomic mass is 19.3. The molecule has 0 spiro atoms. The highest BCUT2D eigenvalue weighted by Crippen LogP contribution is 2.37. The molecule has 9 nitrogen and oxygen atoms in total. The third kappa shape index (κ3) is 2.75. The number of alkyl halides is 2. The molecule has 2 N–H and O–H groups in total. The lowest BCUT2D eigenvalue weighted by Crippen LogP contribution is -2.09. The fraction of sp³-hybridized carbons (Fsp3) is 0.308. The number of nitrogens with zero attached hydrogens (tertiary/aromatic N) is 6. The number of fused-ring (bicyclic) bond motifs is 1. The van der Waals surface area contributed by atoms with Crippen LogP contribution in [0.1, 0.15) is 29.5 Å². The molecule has 11 heteroatoms. The lowest BCUT2D eigenvalue weighted by atomic mass is 10.2. The number of hydrogen-bond donors (Lipinski definition) is 1. The molecule has 3 aromatic heterocycles. The largest absolute Gasteiger partial charge is 0.478 e. The fourth-order valence-corrected chi connectivity index (χ4v) is 2.01. The highest BCUT2D eigenvalue weighted by molar-refractivity contribution is 5.94. The standard InChI is InChI=1S/C13H13F2N7O2/c1-6(11-20-5-22(21-11)13(14)15)24-9-8-7(3-17-12(9)23-2)18-4-19-10(8)16/h3-6,13H,1-2H3,(H2,16,18,19)/i2D3. The predicted molar refractivity (Wildman–Crippen MR) is 78.6 cm³/mol. The number of anilines is 1. The lowest BCUT2D eigenvalue weighted by Gasteiger charge is -2.16. The SMILES string of the molecule is [2H]C([2H])([2H])Oc1ncc2ncnc(N)c2c1OC(C)c1ncn(C(F)F)n1. The number of ether oxygens (including phenoxy) is 2. The van der Waals surface area contributed by atoms with E-state index in [4.69, 9.17) is 19.3 Å². The zero-order valence-corrected chi connectivity index (χ0v) is 12.2. The number of hydrogen-bond acceptors (Lipinski definition) is 8. The summed E-state index contributed by atoms with van der Waals surface area (Å²) in [5, 5.41) is 3.77. The molecular weight excluding hydrogens is 324 g/mol. The Kier molecular flexibility index (Phi) is 3.17. The zero-order valence-electron chi connectivity index (χ0n) is 15.2. The summed E-state index contributed by atoms with van der Waals surface area (Å²) in [6.45, 7) is -1.39. The van der Waals surface area contributed by atoms with Crippen LogP contribution in [0.2, 0.25) is 0 Å². The minimum atomic E-state index is -2.86. The van der Waals surface area contributed by atoms with Crippen LogP contribution in [0.5, 0.6) is 11.6 Å². The van der Waals surface area contributed by atoms with Crippen LogP contribution in [0.25, 0.3) is 10.9 Å². The first-order chi connectivity index (χ1) is 12.7. The first-order valence-electron chi connectivity index (χ1n) is 8.10. The van der Waals surface area contributed by atoms with Gasteiger partial charge in [0, 0.05) is 0 Å². The van der Waals surface area contributed by atoms with Gasteiger partial charge in [0.15, 0.2) is 17.7 Å². The summed E-state index contributed by atoms with van der Waals surface area (Å²) in [4.78, 5) is 15.5. The van der Waals surface area contributed by atoms with Gasteiger partial charge in [-0.1, -0.05) is 0 Å². The van der Waals surface area contributed by atoms with Crippen molar-refractivity contribution in [1.82, 2.24) is 29.7 Å². The van der Waals surface area contributed by atoms with Gasteiger partial charge in [-0.3, -0.25) is 0 Å². The number of pyridine rings is 1. The van der Waals surface area contributed by atoms with Crippen molar-refractivity contribution in [2.75, 3.05) is 12.8 Å². The van der Waals surface area contributed by atoms with E-state index in [1.807, 2.05) is 0 Å². The number of nitrogens with two attached hydrogens (primary N) is 1. The Morgan fingerprint density at radius 2 is 2.12 bits per heavy atom. The van der Waals surface area contributed by atoms with Crippen LogP contribution < -0.4 is 15.2 Å². The highest BCUT2D eigenvalue weighted by Gasteiger charge is 2.21. The topological polar surface area (TPSA) is 114 Å². The Morgan fingerprint density at radius 1 is 1.29 bits per heavy atom. The molecule has 0 aliphatic heterocycles. The van der Waals surface area contributed by atoms with E-state index in [9.17, 15) is 8.78 Å². The van der Waals surface area contributed by atoms with Gasteiger partial charge in [0.25, 0.3) is 5.88 Å². The average molecular weight is 340 g/mol. The third-order valence-corrected chi connectivity index (χ3v) is 3.11. The van der Waals surface area contributed by atoms with Crippen LogP contribution in [-0.4, -0.2) is 36.8 Å². The molecule has 0 radical (unpaired) electrons. The number of nitrogen functional groups attached to an aromatic ring is 1. The van der Waals surface area contributed by atoms with E-state index in [0.29, 0.717) is 4.68 Å². The maximum atomic E-state index is 12.7. The number of methoxy groups -OCH3 is 1. The van der Waals surface area contributed by atoms with E-state index in [0.717, 1.165) is 6.33 Å². The molecule has 0 aliphatic carbocycles. The molecule has 24 heavy (non-hydrogen) atoms. The monoisotopic (exact) mass is 340 g/mol. The van der Waals surface area contributed by atoms with Crippen LogP contribution in [0.15, 0.2) is 18.9 Å². The molecule has 0 aliphatic rings. The predicted octanol–water partition coefficient (Wildman–Crippen LogP) is 1.74. The van der Waals surface area contributed by atoms with E-state index < -0.39 is 19.7 Å². The summed E-state index contributed by atoms with van der Waals surface area (Å²) in [6, 6.07) is 0. The minimum absolute atomic E-state index is 0.00828. The molecular formula is C13H13F2N7O2. The van der Waals surface area contributed by atoms with Gasteiger partial charge in [0.2, 0.25) is 0 Å². The lowest BCUT2D eigenvalue weighted by molar-refractivity contribution is 0.0550. The Labute approximate surface area is 138 Å². The van der Waals surface area contributed by atoms with Crippen molar-refractivity contribution in [2.45, 2.75) is 19.6 Å². The first kappa shape index (κ1) is 12.3. The Bertz CT molecular complexity index is 967. The quantitative estimate of drug-likeness (QED) is 0.747. The summed E-state index contributed by atoms with van der Waals surface area (Å²) >= 11 is 0. The van der Waals surface area contributed by atoms with Crippen LogP contribution in [0.4, 0.5) is 14.6 Å². The van der Waals surface area contributed by atoms with E-state index in [1.165, 1.54) is 19.4 Å². The van der Waals surface area contributed by atoms with Gasteiger partial charge in [0.1, 0.15) is 18.5 Å². The van der Waals surface area contributed by atoms with Crippen molar-refractivity contribution < 1.29 is 22.4 Å². The molecule has 1 unspecified atom stereocenters. The molecule has 0 saturated heterocycles. The molecule has 126 valence electrons. The van der Waals surface area contributed by atoms with Gasteiger partial charge in [-0.05, 0) is 6.92 Å². The summed E-state index contributed by atoms with van der Waals surface area (Å²) in [5.74, 6) is -0.625. The number of halogens is 2. The molecule has 1 atom stereocenters. The maximum Gasteiger partial charge on any atom is 0.334 e. The van der Waals surface area contributed by atoms with Crippen LogP contribution in [0, 0.1) is 0 Å². The van der Waals surface area contributed by atoms with Crippen molar-refractivity contribution in [3.8, 4) is 11.6 Å². The van der Waals surface area contributed by atoms with Crippen LogP contribution >= 0.6 is 0 Å². The van der Waals surface area contributed by atoms with Gasteiger partial charge in [0.05, 0.1) is 28.2 Å². The third-order valence-electron chi connectivity index (χ3n) is 3.11. The normalized spacial score (nSPS) is 14.9. The van der Waals surface area contributed by atoms with Gasteiger partial charge < -0.3 is 15.2 Å². The van der Waals surface area contributed by atoms with Crippen LogP contribution in [-0.2, 0) is 0 Å². The summed E-state index contributed by atoms with van der Waals surface area (Å²) in [6.07, 6.45) is 2.33. The second-order valence-electron chi connectivity index (χ2n) is 4.63. The Balaban J connectivity index is 2.05. The van der Waals surface area contributed by atoms with E-state index in [-0.39, 0.29) is 34.2 Å². The molecule has 0 bridgehead atoms. The molecule has 0 aromatic carbocycles. The maximum absolute atomic E-state index is 12.7. The summed E-state index contributed by atoms with van der Waals surface area (Å²) in [5.41, 5.74) is 6.13. The fourth-order valence-electron chi connectivity index (χ4n) is 2.01. The smallest absolute Gasteiger partial charge is 0.334 e. The molecule has 3 heterocycles. The molecule has 3 rings (SSSR count). The zero-order chi connectivity index (χ0) is 19.8. The first-order valence-corrected chi connectivity index (χ1v) is 6.60. The van der Waals surface area contributed by atoms with Gasteiger partial charge in [-0.25, -0.2) is 19.9 Å². The van der Waals surface area contributed by atoms with E-state index >= 15 is 0 Å². The van der Waals surface area contributed by atoms with Crippen molar-refractivity contribution in [1.29, 1.82) is 0 Å². The van der Waals surface area contributed by atoms with E-state index in [1.54, 1.807) is 0 Å². The van der Waals surface area contributed by atoms with Gasteiger partial charge >= 0.3 is 6.55 Å². The Hall–Kier alpha value is -3.11. The Morgan fingerprint density at radius 3 is 2.83 bits per heavy atom. The molecule has 0 amide bonds. The molecule has 0 fully saturated rings. The second-order valence-corrected chi connectivity index (χ2v) is 4.63. The van der Waals surface area contributed by atoms with E-state index in [2.05, 4.69) is 25.0 Å². The number of aromatic nitrogens is 6. The number of rotatable bonds is 5. The average Bonchev–Trinajstić information content (AvgIpc) is 3.06. The van der Waals surface area contributed by atoms with Crippen molar-refractivity contribution in [2.24, 2.45) is 0 Å². The molecule has 0 saturated carbocycles. The summed E-state index contributed by atoms with van der Waals surface area (Å²) < 4.78 is 58.1. The second kappa shape index (κ2) is 6.18. The molecule has 3 aromatic rings. The van der Waals surface area contributed by atoms with Crippen molar-refractivity contribution >= 4 is 16.7 Å². The van der Waals surface area contributed by atoms with Crippen LogP contribution in [0.3, 0.4) is 0 Å². The van der Waals surface area contributed by atoms with Crippen molar-refractivity contribution in [3.05, 3.63) is 24.7 Å². The van der Waals surface area contributed by atoms with Gasteiger partial charge in [-0.15, -0.1) is 5.10 Å². The van der Waals surface area contributed by atoms with Crippen molar-refractivity contribution in [3.63, 3.8) is 0 Å². The minimum Gasteiger partial charge on any atom is -0.478 e. The summed E-state index contributed by atoms with van der Waals surface area (Å²) in [7, 11) is -2.82.